The van der Waals surface area contributed by atoms with E-state index in [9.17, 15) is 13.2 Å². The van der Waals surface area contributed by atoms with Gasteiger partial charge in [0.15, 0.2) is 0 Å². The second-order valence-corrected chi connectivity index (χ2v) is 5.52. The molecule has 88 valence electrons. The van der Waals surface area contributed by atoms with Gasteiger partial charge in [0.25, 0.3) is 0 Å². The van der Waals surface area contributed by atoms with E-state index in [4.69, 9.17) is 5.11 Å². The molecule has 7 heteroatoms. The van der Waals surface area contributed by atoms with Crippen molar-refractivity contribution in [3.63, 3.8) is 0 Å². The summed E-state index contributed by atoms with van der Waals surface area (Å²) in [5, 5.41) is 8.56. The van der Waals surface area contributed by atoms with Crippen molar-refractivity contribution in [2.45, 2.75) is 13.3 Å². The Bertz CT molecular complexity index is 328. The Morgan fingerprint density at radius 1 is 1.40 bits per heavy atom. The molecule has 0 aromatic rings. The number of sulfonamides is 1. The molecule has 0 saturated carbocycles. The molecule has 0 radical (unpaired) electrons. The summed E-state index contributed by atoms with van der Waals surface area (Å²) in [6, 6.07) is 0. The van der Waals surface area contributed by atoms with Crippen LogP contribution in [0.15, 0.2) is 0 Å². The number of carboxylic acids is 1. The van der Waals surface area contributed by atoms with E-state index in [0.29, 0.717) is 19.6 Å². The molecule has 0 aromatic carbocycles. The lowest BCUT2D eigenvalue weighted by Gasteiger charge is -2.32. The highest BCUT2D eigenvalue weighted by Gasteiger charge is 2.30. The van der Waals surface area contributed by atoms with Crippen LogP contribution in [0.5, 0.6) is 0 Å². The van der Waals surface area contributed by atoms with Gasteiger partial charge in [0.1, 0.15) is 5.88 Å². The fourth-order valence-corrected chi connectivity index (χ4v) is 3.25. The first-order valence-electron chi connectivity index (χ1n) is 4.87. The van der Waals surface area contributed by atoms with Crippen molar-refractivity contribution in [1.82, 2.24) is 9.21 Å². The van der Waals surface area contributed by atoms with Crippen LogP contribution in [0.2, 0.25) is 0 Å². The fraction of sp³-hybridized carbons (Fsp3) is 0.875. The van der Waals surface area contributed by atoms with Crippen molar-refractivity contribution in [2.75, 3.05) is 32.1 Å². The van der Waals surface area contributed by atoms with Crippen LogP contribution in [0.1, 0.15) is 13.3 Å². The van der Waals surface area contributed by atoms with E-state index >= 15 is 0 Å². The van der Waals surface area contributed by atoms with Crippen molar-refractivity contribution < 1.29 is 18.3 Å². The highest BCUT2D eigenvalue weighted by atomic mass is 32.2. The molecule has 0 unspecified atom stereocenters. The summed E-state index contributed by atoms with van der Waals surface area (Å²) in [5.41, 5.74) is 0. The van der Waals surface area contributed by atoms with Crippen molar-refractivity contribution in [1.29, 1.82) is 0 Å². The third-order valence-electron chi connectivity index (χ3n) is 2.24. The second kappa shape index (κ2) is 4.91. The molecule has 0 bridgehead atoms. The van der Waals surface area contributed by atoms with Crippen LogP contribution >= 0.6 is 0 Å². The molecular weight excluding hydrogens is 220 g/mol. The molecule has 1 rings (SSSR count). The summed E-state index contributed by atoms with van der Waals surface area (Å²) in [5.74, 6) is -1.17. The van der Waals surface area contributed by atoms with E-state index < -0.39 is 16.0 Å². The van der Waals surface area contributed by atoms with E-state index in [1.165, 1.54) is 9.21 Å². The number of nitrogens with zero attached hydrogens (tertiary/aromatic N) is 2. The Kier molecular flexibility index (Phi) is 4.06. The van der Waals surface area contributed by atoms with Gasteiger partial charge in [-0.2, -0.15) is 4.31 Å². The minimum absolute atomic E-state index is 0.181. The van der Waals surface area contributed by atoms with Crippen LogP contribution in [-0.4, -0.2) is 60.8 Å². The number of rotatable bonds is 4. The van der Waals surface area contributed by atoms with Crippen LogP contribution in [0, 0.1) is 0 Å². The van der Waals surface area contributed by atoms with Crippen LogP contribution < -0.4 is 0 Å². The number of hydrogen-bond donors (Lipinski definition) is 1. The quantitative estimate of drug-likeness (QED) is 0.704. The summed E-state index contributed by atoms with van der Waals surface area (Å²) < 4.78 is 24.7. The van der Waals surface area contributed by atoms with Crippen LogP contribution in [-0.2, 0) is 14.8 Å². The number of aliphatic carboxylic acids is 1. The monoisotopic (exact) mass is 236 g/mol. The zero-order valence-electron chi connectivity index (χ0n) is 8.72. The predicted octanol–water partition coefficient (Wildman–Crippen LogP) is -0.614. The summed E-state index contributed by atoms with van der Waals surface area (Å²) >= 11 is 0. The molecular formula is C8H16N2O4S. The predicted molar refractivity (Wildman–Crippen MR) is 54.9 cm³/mol. The smallest absolute Gasteiger partial charge is 0.317 e. The van der Waals surface area contributed by atoms with Gasteiger partial charge in [-0.15, -0.1) is 0 Å². The third kappa shape index (κ3) is 3.44. The first-order chi connectivity index (χ1) is 6.95. The molecule has 1 N–H and O–H groups in total. The van der Waals surface area contributed by atoms with Gasteiger partial charge in [-0.25, -0.2) is 8.42 Å². The van der Waals surface area contributed by atoms with Gasteiger partial charge in [-0.05, 0) is 6.42 Å². The topological polar surface area (TPSA) is 77.9 Å². The minimum atomic E-state index is -3.28. The summed E-state index contributed by atoms with van der Waals surface area (Å²) in [6.07, 6.45) is 0.776. The van der Waals surface area contributed by atoms with Crippen LogP contribution in [0.25, 0.3) is 0 Å². The minimum Gasteiger partial charge on any atom is -0.480 e. The Balaban J connectivity index is 2.60. The van der Waals surface area contributed by atoms with Gasteiger partial charge in [0.05, 0.1) is 6.54 Å². The first-order valence-corrected chi connectivity index (χ1v) is 6.48. The molecule has 15 heavy (non-hydrogen) atoms. The zero-order chi connectivity index (χ0) is 11.5. The molecule has 1 heterocycles. The molecule has 1 fully saturated rings. The number of carboxylic acid groups (broad SMARTS) is 1. The van der Waals surface area contributed by atoms with Crippen molar-refractivity contribution in [3.8, 4) is 0 Å². The highest BCUT2D eigenvalue weighted by molar-refractivity contribution is 7.89. The standard InChI is InChI=1S/C8H16N2O4S/c1-2-3-10-5-4-9(6-8(11)12)7-15(10,13)14/h2-7H2,1H3,(H,11,12). The molecule has 6 nitrogen and oxygen atoms in total. The van der Waals surface area contributed by atoms with E-state index in [2.05, 4.69) is 0 Å². The number of carbonyl (C=O) groups is 1. The average Bonchev–Trinajstić information content (AvgIpc) is 2.08. The maximum absolute atomic E-state index is 11.7. The zero-order valence-corrected chi connectivity index (χ0v) is 9.53. The molecule has 0 aromatic heterocycles. The van der Waals surface area contributed by atoms with Crippen molar-refractivity contribution in [3.05, 3.63) is 0 Å². The van der Waals surface area contributed by atoms with E-state index in [1.54, 1.807) is 0 Å². The van der Waals surface area contributed by atoms with Gasteiger partial charge in [0.2, 0.25) is 10.0 Å². The first kappa shape index (κ1) is 12.4. The van der Waals surface area contributed by atoms with Gasteiger partial charge in [-0.3, -0.25) is 9.69 Å². The van der Waals surface area contributed by atoms with Crippen molar-refractivity contribution >= 4 is 16.0 Å². The summed E-state index contributed by atoms with van der Waals surface area (Å²) in [4.78, 5) is 11.9. The maximum atomic E-state index is 11.7. The Hall–Kier alpha value is -0.660. The maximum Gasteiger partial charge on any atom is 0.317 e. The largest absolute Gasteiger partial charge is 0.480 e. The lowest BCUT2D eigenvalue weighted by molar-refractivity contribution is -0.138. The van der Waals surface area contributed by atoms with Gasteiger partial charge in [0, 0.05) is 19.6 Å². The molecule has 0 aliphatic carbocycles. The molecule has 1 aliphatic heterocycles. The Labute approximate surface area is 89.5 Å². The Morgan fingerprint density at radius 2 is 2.07 bits per heavy atom. The van der Waals surface area contributed by atoms with Gasteiger partial charge < -0.3 is 5.11 Å². The highest BCUT2D eigenvalue weighted by Crippen LogP contribution is 2.11. The molecule has 0 amide bonds. The normalized spacial score (nSPS) is 22.7. The van der Waals surface area contributed by atoms with Crippen LogP contribution in [0.4, 0.5) is 0 Å². The van der Waals surface area contributed by atoms with E-state index in [1.807, 2.05) is 6.92 Å². The molecule has 1 aliphatic rings. The number of hydrogen-bond acceptors (Lipinski definition) is 4. The average molecular weight is 236 g/mol. The fourth-order valence-electron chi connectivity index (χ4n) is 1.59. The molecule has 0 atom stereocenters. The van der Waals surface area contributed by atoms with Gasteiger partial charge >= 0.3 is 5.97 Å². The van der Waals surface area contributed by atoms with Gasteiger partial charge in [-0.1, -0.05) is 6.92 Å². The summed E-state index contributed by atoms with van der Waals surface area (Å²) in [7, 11) is -3.28. The Morgan fingerprint density at radius 3 is 2.53 bits per heavy atom. The lowest BCUT2D eigenvalue weighted by atomic mass is 10.4. The lowest BCUT2D eigenvalue weighted by Crippen LogP contribution is -2.51. The summed E-state index contributed by atoms with van der Waals surface area (Å²) in [6.45, 7) is 3.11. The SMILES string of the molecule is CCCN1CCN(CC(=O)O)CS1(=O)=O. The second-order valence-electron chi connectivity index (χ2n) is 3.59. The van der Waals surface area contributed by atoms with Crippen molar-refractivity contribution in [2.24, 2.45) is 0 Å². The molecule has 0 spiro atoms. The molecule has 1 saturated heterocycles. The third-order valence-corrected chi connectivity index (χ3v) is 4.08. The van der Waals surface area contributed by atoms with E-state index in [0.717, 1.165) is 6.42 Å². The van der Waals surface area contributed by atoms with Crippen LogP contribution in [0.3, 0.4) is 0 Å². The van der Waals surface area contributed by atoms with E-state index in [-0.39, 0.29) is 12.4 Å².